The number of hydrogen-bond acceptors (Lipinski definition) is 3. The van der Waals surface area contributed by atoms with Crippen molar-refractivity contribution in [2.75, 3.05) is 6.26 Å². The molecule has 0 N–H and O–H groups in total. The first-order valence-electron chi connectivity index (χ1n) is 3.12. The third-order valence-electron chi connectivity index (χ3n) is 1.20. The van der Waals surface area contributed by atoms with Gasteiger partial charge in [0.1, 0.15) is 12.0 Å². The Balaban J connectivity index is 2.74. The SMILES string of the molecule is CSOc1ccc(C=O)cc1. The molecule has 0 bridgehead atoms. The summed E-state index contributed by atoms with van der Waals surface area (Å²) in [5.74, 6) is 0.767. The molecule has 58 valence electrons. The van der Waals surface area contributed by atoms with Gasteiger partial charge in [0.25, 0.3) is 0 Å². The molecule has 0 saturated heterocycles. The predicted molar refractivity (Wildman–Crippen MR) is 46.0 cm³/mol. The van der Waals surface area contributed by atoms with Crippen LogP contribution in [-0.2, 0) is 0 Å². The summed E-state index contributed by atoms with van der Waals surface area (Å²) in [7, 11) is 0. The highest BCUT2D eigenvalue weighted by atomic mass is 32.2. The summed E-state index contributed by atoms with van der Waals surface area (Å²) in [5, 5.41) is 0. The topological polar surface area (TPSA) is 26.3 Å². The molecular weight excluding hydrogens is 160 g/mol. The fourth-order valence-corrected chi connectivity index (χ4v) is 1.00. The van der Waals surface area contributed by atoms with Gasteiger partial charge in [-0.2, -0.15) is 0 Å². The number of carbonyl (C=O) groups excluding carboxylic acids is 1. The molecule has 0 spiro atoms. The molecule has 11 heavy (non-hydrogen) atoms. The van der Waals surface area contributed by atoms with Crippen molar-refractivity contribution in [1.82, 2.24) is 0 Å². The average Bonchev–Trinajstić information content (AvgIpc) is 2.07. The summed E-state index contributed by atoms with van der Waals surface area (Å²) >= 11 is 1.28. The molecule has 0 atom stereocenters. The van der Waals surface area contributed by atoms with Crippen LogP contribution < -0.4 is 4.18 Å². The Hall–Kier alpha value is -0.960. The van der Waals surface area contributed by atoms with E-state index in [2.05, 4.69) is 0 Å². The summed E-state index contributed by atoms with van der Waals surface area (Å²) in [6.45, 7) is 0. The standard InChI is InChI=1S/C8H8O2S/c1-11-10-8-4-2-7(6-9)3-5-8/h2-6H,1H3. The third kappa shape index (κ3) is 2.27. The molecule has 0 unspecified atom stereocenters. The molecule has 0 aliphatic carbocycles. The summed E-state index contributed by atoms with van der Waals surface area (Å²) in [5.41, 5.74) is 0.665. The van der Waals surface area contributed by atoms with Crippen LogP contribution in [0.15, 0.2) is 24.3 Å². The third-order valence-corrected chi connectivity index (χ3v) is 1.55. The Labute approximate surface area is 69.8 Å². The maximum absolute atomic E-state index is 10.2. The van der Waals surface area contributed by atoms with E-state index < -0.39 is 0 Å². The molecule has 0 aliphatic rings. The van der Waals surface area contributed by atoms with Gasteiger partial charge in [-0.15, -0.1) is 0 Å². The smallest absolute Gasteiger partial charge is 0.150 e. The van der Waals surface area contributed by atoms with Crippen molar-refractivity contribution in [3.8, 4) is 5.75 Å². The quantitative estimate of drug-likeness (QED) is 0.511. The van der Waals surface area contributed by atoms with E-state index in [1.54, 1.807) is 24.3 Å². The normalized spacial score (nSPS) is 9.18. The lowest BCUT2D eigenvalue weighted by Gasteiger charge is -1.98. The molecule has 0 aliphatic heterocycles. The van der Waals surface area contributed by atoms with Gasteiger partial charge >= 0.3 is 0 Å². The number of aldehydes is 1. The second-order valence-corrected chi connectivity index (χ2v) is 2.44. The number of hydrogen-bond donors (Lipinski definition) is 0. The summed E-state index contributed by atoms with van der Waals surface area (Å²) < 4.78 is 5.11. The summed E-state index contributed by atoms with van der Waals surface area (Å²) in [6.07, 6.45) is 2.65. The lowest BCUT2D eigenvalue weighted by molar-refractivity contribution is 0.112. The number of carbonyl (C=O) groups is 1. The molecule has 0 fully saturated rings. The van der Waals surface area contributed by atoms with Gasteiger partial charge in [0.15, 0.2) is 0 Å². The molecule has 0 saturated carbocycles. The minimum Gasteiger partial charge on any atom is -0.426 e. The average molecular weight is 168 g/mol. The highest BCUT2D eigenvalue weighted by Gasteiger charge is 1.91. The van der Waals surface area contributed by atoms with E-state index in [4.69, 9.17) is 4.18 Å². The van der Waals surface area contributed by atoms with E-state index in [0.717, 1.165) is 12.0 Å². The first-order chi connectivity index (χ1) is 5.36. The van der Waals surface area contributed by atoms with Crippen LogP contribution in [0.2, 0.25) is 0 Å². The molecular formula is C8H8O2S. The van der Waals surface area contributed by atoms with Crippen molar-refractivity contribution in [3.05, 3.63) is 29.8 Å². The van der Waals surface area contributed by atoms with Crippen molar-refractivity contribution in [3.63, 3.8) is 0 Å². The van der Waals surface area contributed by atoms with E-state index >= 15 is 0 Å². The van der Waals surface area contributed by atoms with Crippen LogP contribution in [-0.4, -0.2) is 12.5 Å². The van der Waals surface area contributed by atoms with Crippen LogP contribution >= 0.6 is 12.0 Å². The minimum atomic E-state index is 0.665. The van der Waals surface area contributed by atoms with E-state index in [1.807, 2.05) is 6.26 Å². The maximum Gasteiger partial charge on any atom is 0.150 e. The van der Waals surface area contributed by atoms with Crippen LogP contribution in [0.1, 0.15) is 10.4 Å². The Morgan fingerprint density at radius 1 is 1.36 bits per heavy atom. The highest BCUT2D eigenvalue weighted by molar-refractivity contribution is 7.94. The predicted octanol–water partition coefficient (Wildman–Crippen LogP) is 2.16. The van der Waals surface area contributed by atoms with Crippen molar-refractivity contribution in [2.24, 2.45) is 0 Å². The van der Waals surface area contributed by atoms with Gasteiger partial charge in [0.05, 0.1) is 12.0 Å². The first-order valence-corrected chi connectivity index (χ1v) is 4.27. The molecule has 1 rings (SSSR count). The van der Waals surface area contributed by atoms with Crippen LogP contribution in [0.5, 0.6) is 5.75 Å². The highest BCUT2D eigenvalue weighted by Crippen LogP contribution is 2.14. The molecule has 0 heterocycles. The Kier molecular flexibility index (Phi) is 2.98. The maximum atomic E-state index is 10.2. The second kappa shape index (κ2) is 4.03. The van der Waals surface area contributed by atoms with Crippen molar-refractivity contribution < 1.29 is 8.98 Å². The summed E-state index contributed by atoms with van der Waals surface area (Å²) in [6, 6.07) is 6.97. The van der Waals surface area contributed by atoms with Crippen molar-refractivity contribution in [1.29, 1.82) is 0 Å². The van der Waals surface area contributed by atoms with E-state index in [-0.39, 0.29) is 0 Å². The molecule has 0 amide bonds. The van der Waals surface area contributed by atoms with Gasteiger partial charge in [-0.1, -0.05) is 0 Å². The van der Waals surface area contributed by atoms with E-state index in [0.29, 0.717) is 5.56 Å². The monoisotopic (exact) mass is 168 g/mol. The lowest BCUT2D eigenvalue weighted by atomic mass is 10.2. The molecule has 3 heteroatoms. The lowest BCUT2D eigenvalue weighted by Crippen LogP contribution is -1.81. The molecule has 0 aromatic heterocycles. The number of rotatable bonds is 3. The summed E-state index contributed by atoms with van der Waals surface area (Å²) in [4.78, 5) is 10.2. The Morgan fingerprint density at radius 2 is 2.00 bits per heavy atom. The minimum absolute atomic E-state index is 0.665. The fraction of sp³-hybridized carbons (Fsp3) is 0.125. The van der Waals surface area contributed by atoms with Gasteiger partial charge < -0.3 is 4.18 Å². The largest absolute Gasteiger partial charge is 0.426 e. The first kappa shape index (κ1) is 8.14. The van der Waals surface area contributed by atoms with E-state index in [9.17, 15) is 4.79 Å². The molecule has 1 aromatic rings. The molecule has 0 radical (unpaired) electrons. The van der Waals surface area contributed by atoms with Gasteiger partial charge in [-0.05, 0) is 24.3 Å². The van der Waals surface area contributed by atoms with Crippen LogP contribution in [0.3, 0.4) is 0 Å². The van der Waals surface area contributed by atoms with Crippen molar-refractivity contribution >= 4 is 18.3 Å². The Morgan fingerprint density at radius 3 is 2.45 bits per heavy atom. The fourth-order valence-electron chi connectivity index (χ4n) is 0.698. The van der Waals surface area contributed by atoms with Gasteiger partial charge in [-0.3, -0.25) is 4.79 Å². The van der Waals surface area contributed by atoms with Crippen LogP contribution in [0.25, 0.3) is 0 Å². The van der Waals surface area contributed by atoms with Crippen LogP contribution in [0.4, 0.5) is 0 Å². The van der Waals surface area contributed by atoms with Crippen molar-refractivity contribution in [2.45, 2.75) is 0 Å². The molecule has 1 aromatic carbocycles. The molecule has 2 nitrogen and oxygen atoms in total. The van der Waals surface area contributed by atoms with Gasteiger partial charge in [0.2, 0.25) is 0 Å². The second-order valence-electron chi connectivity index (χ2n) is 1.94. The van der Waals surface area contributed by atoms with E-state index in [1.165, 1.54) is 12.0 Å². The number of benzene rings is 1. The zero-order valence-corrected chi connectivity index (χ0v) is 6.93. The van der Waals surface area contributed by atoms with Gasteiger partial charge in [-0.25, -0.2) is 0 Å². The van der Waals surface area contributed by atoms with Gasteiger partial charge in [0, 0.05) is 11.8 Å². The Bertz CT molecular complexity index is 230. The zero-order chi connectivity index (χ0) is 8.10. The van der Waals surface area contributed by atoms with Crippen LogP contribution in [0, 0.1) is 0 Å². The zero-order valence-electron chi connectivity index (χ0n) is 6.11.